The van der Waals surface area contributed by atoms with E-state index in [1.165, 1.54) is 6.92 Å². The van der Waals surface area contributed by atoms with Gasteiger partial charge in [-0.3, -0.25) is 14.4 Å². The SMILES string of the molecule is CCC(C(C)=O)C(=O)CC(=O)O. The molecule has 0 amide bonds. The third-order valence-electron chi connectivity index (χ3n) is 1.61. The van der Waals surface area contributed by atoms with E-state index < -0.39 is 24.1 Å². The highest BCUT2D eigenvalue weighted by Gasteiger charge is 2.22. The van der Waals surface area contributed by atoms with Gasteiger partial charge in [0.1, 0.15) is 12.2 Å². The molecular weight excluding hydrogens is 160 g/mol. The first-order chi connectivity index (χ1) is 5.49. The van der Waals surface area contributed by atoms with Gasteiger partial charge in [-0.25, -0.2) is 0 Å². The monoisotopic (exact) mass is 172 g/mol. The van der Waals surface area contributed by atoms with Gasteiger partial charge in [0.2, 0.25) is 0 Å². The number of carboxylic acid groups (broad SMARTS) is 1. The van der Waals surface area contributed by atoms with E-state index in [9.17, 15) is 14.4 Å². The largest absolute Gasteiger partial charge is 0.481 e. The number of aliphatic carboxylic acids is 1. The van der Waals surface area contributed by atoms with Crippen molar-refractivity contribution in [1.29, 1.82) is 0 Å². The molecule has 68 valence electrons. The van der Waals surface area contributed by atoms with E-state index in [-0.39, 0.29) is 5.78 Å². The number of hydrogen-bond donors (Lipinski definition) is 1. The van der Waals surface area contributed by atoms with E-state index in [2.05, 4.69) is 0 Å². The normalized spacial score (nSPS) is 12.2. The van der Waals surface area contributed by atoms with Crippen molar-refractivity contribution in [2.24, 2.45) is 5.92 Å². The summed E-state index contributed by atoms with van der Waals surface area (Å²) in [7, 11) is 0. The van der Waals surface area contributed by atoms with Gasteiger partial charge in [-0.2, -0.15) is 0 Å². The van der Waals surface area contributed by atoms with Crippen molar-refractivity contribution >= 4 is 17.5 Å². The zero-order valence-electron chi connectivity index (χ0n) is 7.16. The van der Waals surface area contributed by atoms with Gasteiger partial charge in [-0.1, -0.05) is 6.92 Å². The van der Waals surface area contributed by atoms with Crippen LogP contribution < -0.4 is 0 Å². The number of carbonyl (C=O) groups excluding carboxylic acids is 2. The Balaban J connectivity index is 4.22. The molecule has 0 aromatic rings. The number of carbonyl (C=O) groups is 3. The second kappa shape index (κ2) is 4.64. The molecule has 0 saturated heterocycles. The summed E-state index contributed by atoms with van der Waals surface area (Å²) < 4.78 is 0. The predicted octanol–water partition coefficient (Wildman–Crippen LogP) is 0.645. The Labute approximate surface area is 70.6 Å². The highest BCUT2D eigenvalue weighted by atomic mass is 16.4. The fourth-order valence-corrected chi connectivity index (χ4v) is 1.01. The van der Waals surface area contributed by atoms with Crippen molar-refractivity contribution in [3.8, 4) is 0 Å². The lowest BCUT2D eigenvalue weighted by molar-refractivity contribution is -0.142. The standard InChI is InChI=1S/C8H12O4/c1-3-6(5(2)9)7(10)4-8(11)12/h6H,3-4H2,1-2H3,(H,11,12). The average Bonchev–Trinajstić information content (AvgIpc) is 1.85. The molecule has 0 rings (SSSR count). The summed E-state index contributed by atoms with van der Waals surface area (Å²) >= 11 is 0. The van der Waals surface area contributed by atoms with Crippen LogP contribution in [0.25, 0.3) is 0 Å². The van der Waals surface area contributed by atoms with Gasteiger partial charge in [0.15, 0.2) is 5.78 Å². The molecule has 4 nitrogen and oxygen atoms in total. The van der Waals surface area contributed by atoms with Crippen LogP contribution in [-0.4, -0.2) is 22.6 Å². The molecule has 0 aromatic heterocycles. The van der Waals surface area contributed by atoms with E-state index in [4.69, 9.17) is 5.11 Å². The van der Waals surface area contributed by atoms with E-state index in [1.54, 1.807) is 6.92 Å². The molecule has 0 bridgehead atoms. The summed E-state index contributed by atoms with van der Waals surface area (Å²) in [6.07, 6.45) is -0.181. The first kappa shape index (κ1) is 10.8. The third-order valence-corrected chi connectivity index (χ3v) is 1.61. The predicted molar refractivity (Wildman–Crippen MR) is 41.7 cm³/mol. The van der Waals surface area contributed by atoms with Gasteiger partial charge in [-0.15, -0.1) is 0 Å². The van der Waals surface area contributed by atoms with Gasteiger partial charge >= 0.3 is 5.97 Å². The van der Waals surface area contributed by atoms with Crippen molar-refractivity contribution in [2.75, 3.05) is 0 Å². The summed E-state index contributed by atoms with van der Waals surface area (Å²) in [5, 5.41) is 8.28. The van der Waals surface area contributed by atoms with Crippen molar-refractivity contribution in [2.45, 2.75) is 26.7 Å². The molecule has 0 aliphatic carbocycles. The molecular formula is C8H12O4. The smallest absolute Gasteiger partial charge is 0.310 e. The molecule has 0 heterocycles. The Bertz CT molecular complexity index is 207. The molecule has 0 fully saturated rings. The van der Waals surface area contributed by atoms with Gasteiger partial charge in [0, 0.05) is 0 Å². The Kier molecular flexibility index (Phi) is 4.18. The van der Waals surface area contributed by atoms with Crippen molar-refractivity contribution in [1.82, 2.24) is 0 Å². The Morgan fingerprint density at radius 2 is 1.83 bits per heavy atom. The fourth-order valence-electron chi connectivity index (χ4n) is 1.01. The Morgan fingerprint density at radius 1 is 1.33 bits per heavy atom. The molecule has 1 atom stereocenters. The van der Waals surface area contributed by atoms with Crippen LogP contribution in [0.1, 0.15) is 26.7 Å². The minimum Gasteiger partial charge on any atom is -0.481 e. The maximum atomic E-state index is 11.0. The summed E-state index contributed by atoms with van der Waals surface area (Å²) in [4.78, 5) is 31.9. The lowest BCUT2D eigenvalue weighted by Gasteiger charge is -2.06. The van der Waals surface area contributed by atoms with Crippen LogP contribution in [0, 0.1) is 5.92 Å². The van der Waals surface area contributed by atoms with Crippen LogP contribution >= 0.6 is 0 Å². The minimum absolute atomic E-state index is 0.260. The maximum absolute atomic E-state index is 11.0. The number of ketones is 2. The number of Topliss-reactive ketones (excluding diaryl/α,β-unsaturated/α-hetero) is 2. The van der Waals surface area contributed by atoms with Crippen LogP contribution in [0.2, 0.25) is 0 Å². The quantitative estimate of drug-likeness (QED) is 0.618. The number of carboxylic acids is 1. The van der Waals surface area contributed by atoms with Crippen LogP contribution in [-0.2, 0) is 14.4 Å². The van der Waals surface area contributed by atoms with E-state index in [1.807, 2.05) is 0 Å². The molecule has 0 spiro atoms. The van der Waals surface area contributed by atoms with Gasteiger partial charge in [-0.05, 0) is 13.3 Å². The van der Waals surface area contributed by atoms with E-state index in [0.717, 1.165) is 0 Å². The van der Waals surface area contributed by atoms with Crippen molar-refractivity contribution in [3.05, 3.63) is 0 Å². The van der Waals surface area contributed by atoms with Crippen LogP contribution in [0.4, 0.5) is 0 Å². The Hall–Kier alpha value is -1.19. The van der Waals surface area contributed by atoms with Gasteiger partial charge < -0.3 is 5.11 Å². The third kappa shape index (κ3) is 3.27. The zero-order chi connectivity index (χ0) is 9.72. The second-order valence-corrected chi connectivity index (χ2v) is 2.61. The summed E-state index contributed by atoms with van der Waals surface area (Å²) in [6.45, 7) is 2.99. The lowest BCUT2D eigenvalue weighted by atomic mass is 9.95. The molecule has 0 radical (unpaired) electrons. The maximum Gasteiger partial charge on any atom is 0.310 e. The topological polar surface area (TPSA) is 71.4 Å². The van der Waals surface area contributed by atoms with Crippen LogP contribution in [0.3, 0.4) is 0 Å². The lowest BCUT2D eigenvalue weighted by Crippen LogP contribution is -2.23. The van der Waals surface area contributed by atoms with Crippen LogP contribution in [0.15, 0.2) is 0 Å². The highest BCUT2D eigenvalue weighted by Crippen LogP contribution is 2.07. The average molecular weight is 172 g/mol. The second-order valence-electron chi connectivity index (χ2n) is 2.61. The molecule has 0 aliphatic heterocycles. The minimum atomic E-state index is -1.18. The molecule has 12 heavy (non-hydrogen) atoms. The van der Waals surface area contributed by atoms with Gasteiger partial charge in [0.25, 0.3) is 0 Å². The van der Waals surface area contributed by atoms with Crippen LogP contribution in [0.5, 0.6) is 0 Å². The molecule has 0 saturated carbocycles. The molecule has 0 aliphatic rings. The number of rotatable bonds is 5. The molecule has 1 unspecified atom stereocenters. The highest BCUT2D eigenvalue weighted by molar-refractivity contribution is 6.07. The molecule has 4 heteroatoms. The first-order valence-electron chi connectivity index (χ1n) is 3.74. The summed E-state index contributed by atoms with van der Waals surface area (Å²) in [5.41, 5.74) is 0. The Morgan fingerprint density at radius 3 is 2.08 bits per heavy atom. The van der Waals surface area contributed by atoms with Crippen molar-refractivity contribution in [3.63, 3.8) is 0 Å². The molecule has 0 aromatic carbocycles. The zero-order valence-corrected chi connectivity index (χ0v) is 7.16. The van der Waals surface area contributed by atoms with Gasteiger partial charge in [0.05, 0.1) is 5.92 Å². The first-order valence-corrected chi connectivity index (χ1v) is 3.74. The fraction of sp³-hybridized carbons (Fsp3) is 0.625. The van der Waals surface area contributed by atoms with E-state index >= 15 is 0 Å². The molecule has 1 N–H and O–H groups in total. The van der Waals surface area contributed by atoms with E-state index in [0.29, 0.717) is 6.42 Å². The van der Waals surface area contributed by atoms with Crippen molar-refractivity contribution < 1.29 is 19.5 Å². The summed E-state index contributed by atoms with van der Waals surface area (Å²) in [6, 6.07) is 0. The number of hydrogen-bond acceptors (Lipinski definition) is 3. The summed E-state index contributed by atoms with van der Waals surface area (Å²) in [5.74, 6) is -2.68.